The molecule has 0 bridgehead atoms. The van der Waals surface area contributed by atoms with Gasteiger partial charge in [-0.25, -0.2) is 0 Å². The van der Waals surface area contributed by atoms with Crippen molar-refractivity contribution in [2.45, 2.75) is 31.7 Å². The predicted octanol–water partition coefficient (Wildman–Crippen LogP) is 2.92. The van der Waals surface area contributed by atoms with Gasteiger partial charge in [-0.3, -0.25) is 0 Å². The lowest BCUT2D eigenvalue weighted by Crippen LogP contribution is -2.41. The summed E-state index contributed by atoms with van der Waals surface area (Å²) in [6, 6.07) is 7.66. The number of benzene rings is 1. The lowest BCUT2D eigenvalue weighted by molar-refractivity contribution is -0.0899. The van der Waals surface area contributed by atoms with Gasteiger partial charge in [0.25, 0.3) is 5.92 Å². The van der Waals surface area contributed by atoms with Gasteiger partial charge in [-0.1, -0.05) is 37.3 Å². The largest absolute Gasteiger partial charge is 0.373 e. The van der Waals surface area contributed by atoms with Crippen LogP contribution in [-0.2, 0) is 10.7 Å². The molecule has 0 radical (unpaired) electrons. The molecule has 0 aliphatic carbocycles. The van der Waals surface area contributed by atoms with Crippen molar-refractivity contribution >= 4 is 0 Å². The standard InChI is InChI=1S/C13H19F2NO/c1-3-12(2,16)9-17-10-13(14,15)11-7-5-4-6-8-11/h4-8H,3,9-10,16H2,1-2H3. The molecule has 1 unspecified atom stereocenters. The molecule has 0 heterocycles. The molecule has 1 aromatic carbocycles. The van der Waals surface area contributed by atoms with E-state index in [1.807, 2.05) is 6.92 Å². The van der Waals surface area contributed by atoms with E-state index in [1.54, 1.807) is 25.1 Å². The lowest BCUT2D eigenvalue weighted by Gasteiger charge is -2.24. The SMILES string of the molecule is CCC(C)(N)COCC(F)(F)c1ccccc1. The number of rotatable bonds is 6. The Morgan fingerprint density at radius 2 is 1.76 bits per heavy atom. The van der Waals surface area contributed by atoms with Crippen molar-refractivity contribution in [3.05, 3.63) is 35.9 Å². The fourth-order valence-electron chi connectivity index (χ4n) is 1.28. The van der Waals surface area contributed by atoms with Crippen LogP contribution in [0.5, 0.6) is 0 Å². The van der Waals surface area contributed by atoms with E-state index in [4.69, 9.17) is 10.5 Å². The Bertz CT molecular complexity index is 339. The lowest BCUT2D eigenvalue weighted by atomic mass is 10.0. The minimum absolute atomic E-state index is 0.0322. The van der Waals surface area contributed by atoms with Crippen LogP contribution in [0.3, 0.4) is 0 Å². The summed E-state index contributed by atoms with van der Waals surface area (Å²) in [5.41, 5.74) is 5.23. The predicted molar refractivity (Wildman–Crippen MR) is 64.0 cm³/mol. The first-order chi connectivity index (χ1) is 7.87. The molecule has 17 heavy (non-hydrogen) atoms. The van der Waals surface area contributed by atoms with Gasteiger partial charge >= 0.3 is 0 Å². The second-order valence-corrected chi connectivity index (χ2v) is 4.57. The van der Waals surface area contributed by atoms with Crippen LogP contribution in [0.1, 0.15) is 25.8 Å². The monoisotopic (exact) mass is 243 g/mol. The van der Waals surface area contributed by atoms with E-state index in [1.165, 1.54) is 12.1 Å². The Morgan fingerprint density at radius 3 is 2.29 bits per heavy atom. The molecule has 1 rings (SSSR count). The van der Waals surface area contributed by atoms with Crippen molar-refractivity contribution in [2.75, 3.05) is 13.2 Å². The second-order valence-electron chi connectivity index (χ2n) is 4.57. The third-order valence-corrected chi connectivity index (χ3v) is 2.72. The van der Waals surface area contributed by atoms with E-state index in [2.05, 4.69) is 0 Å². The Hall–Kier alpha value is -1.00. The maximum atomic E-state index is 13.7. The average molecular weight is 243 g/mol. The first kappa shape index (κ1) is 14.1. The highest BCUT2D eigenvalue weighted by atomic mass is 19.3. The van der Waals surface area contributed by atoms with Crippen LogP contribution in [0.4, 0.5) is 8.78 Å². The van der Waals surface area contributed by atoms with Crippen molar-refractivity contribution in [3.8, 4) is 0 Å². The van der Waals surface area contributed by atoms with Crippen molar-refractivity contribution in [3.63, 3.8) is 0 Å². The zero-order chi connectivity index (χ0) is 12.9. The number of halogens is 2. The molecule has 0 fully saturated rings. The number of ether oxygens (including phenoxy) is 1. The van der Waals surface area contributed by atoms with Crippen molar-refractivity contribution < 1.29 is 13.5 Å². The van der Waals surface area contributed by atoms with Gasteiger partial charge in [0, 0.05) is 11.1 Å². The molecule has 2 N–H and O–H groups in total. The van der Waals surface area contributed by atoms with Gasteiger partial charge < -0.3 is 10.5 Å². The normalized spacial score (nSPS) is 15.6. The number of hydrogen-bond acceptors (Lipinski definition) is 2. The van der Waals surface area contributed by atoms with Crippen LogP contribution in [0.25, 0.3) is 0 Å². The molecule has 96 valence electrons. The van der Waals surface area contributed by atoms with Crippen LogP contribution >= 0.6 is 0 Å². The maximum absolute atomic E-state index is 13.7. The molecule has 0 spiro atoms. The van der Waals surface area contributed by atoms with E-state index in [0.29, 0.717) is 6.42 Å². The molecule has 0 saturated carbocycles. The molecule has 2 nitrogen and oxygen atoms in total. The number of alkyl halides is 2. The van der Waals surface area contributed by atoms with Crippen LogP contribution in [0.2, 0.25) is 0 Å². The zero-order valence-electron chi connectivity index (χ0n) is 10.2. The highest BCUT2D eigenvalue weighted by molar-refractivity contribution is 5.19. The fraction of sp³-hybridized carbons (Fsp3) is 0.538. The topological polar surface area (TPSA) is 35.2 Å². The van der Waals surface area contributed by atoms with Crippen molar-refractivity contribution in [1.82, 2.24) is 0 Å². The summed E-state index contributed by atoms with van der Waals surface area (Å²) < 4.78 is 32.4. The molecule has 0 saturated heterocycles. The molecule has 0 aliphatic rings. The average Bonchev–Trinajstić information content (AvgIpc) is 2.30. The Kier molecular flexibility index (Phi) is 4.60. The number of nitrogens with two attached hydrogens (primary N) is 1. The smallest absolute Gasteiger partial charge is 0.296 e. The molecule has 1 aromatic rings. The summed E-state index contributed by atoms with van der Waals surface area (Å²) in [5.74, 6) is -2.97. The van der Waals surface area contributed by atoms with Gasteiger partial charge in [0.1, 0.15) is 6.61 Å². The Morgan fingerprint density at radius 1 is 1.18 bits per heavy atom. The van der Waals surface area contributed by atoms with Gasteiger partial charge in [-0.2, -0.15) is 8.78 Å². The van der Waals surface area contributed by atoms with E-state index >= 15 is 0 Å². The highest BCUT2D eigenvalue weighted by Gasteiger charge is 2.32. The maximum Gasteiger partial charge on any atom is 0.296 e. The van der Waals surface area contributed by atoms with E-state index < -0.39 is 18.1 Å². The first-order valence-electron chi connectivity index (χ1n) is 5.67. The van der Waals surface area contributed by atoms with E-state index in [9.17, 15) is 8.78 Å². The van der Waals surface area contributed by atoms with Crippen molar-refractivity contribution in [2.24, 2.45) is 5.73 Å². The van der Waals surface area contributed by atoms with Gasteiger partial charge in [0.2, 0.25) is 0 Å². The number of hydrogen-bond donors (Lipinski definition) is 1. The van der Waals surface area contributed by atoms with E-state index in [0.717, 1.165) is 0 Å². The molecule has 0 aromatic heterocycles. The summed E-state index contributed by atoms with van der Waals surface area (Å²) >= 11 is 0. The molecular formula is C13H19F2NO. The summed E-state index contributed by atoms with van der Waals surface area (Å²) in [5, 5.41) is 0. The minimum atomic E-state index is -2.97. The summed E-state index contributed by atoms with van der Waals surface area (Å²) in [6.45, 7) is 3.18. The summed E-state index contributed by atoms with van der Waals surface area (Å²) in [4.78, 5) is 0. The van der Waals surface area contributed by atoms with Gasteiger partial charge in [-0.05, 0) is 13.3 Å². The van der Waals surface area contributed by atoms with Gasteiger partial charge in [-0.15, -0.1) is 0 Å². The summed E-state index contributed by atoms with van der Waals surface area (Å²) in [7, 11) is 0. The first-order valence-corrected chi connectivity index (χ1v) is 5.67. The van der Waals surface area contributed by atoms with Gasteiger partial charge in [0.05, 0.1) is 6.61 Å². The van der Waals surface area contributed by atoms with Crippen molar-refractivity contribution in [1.29, 1.82) is 0 Å². The summed E-state index contributed by atoms with van der Waals surface area (Å²) in [6.07, 6.45) is 0.684. The minimum Gasteiger partial charge on any atom is -0.373 e. The van der Waals surface area contributed by atoms with Crippen LogP contribution in [0.15, 0.2) is 30.3 Å². The molecule has 0 aliphatic heterocycles. The molecular weight excluding hydrogens is 224 g/mol. The van der Waals surface area contributed by atoms with Crippen LogP contribution in [-0.4, -0.2) is 18.8 Å². The Balaban J connectivity index is 2.51. The highest BCUT2D eigenvalue weighted by Crippen LogP contribution is 2.28. The third kappa shape index (κ3) is 4.40. The van der Waals surface area contributed by atoms with Gasteiger partial charge in [0.15, 0.2) is 0 Å². The quantitative estimate of drug-likeness (QED) is 0.833. The van der Waals surface area contributed by atoms with E-state index in [-0.39, 0.29) is 12.2 Å². The van der Waals surface area contributed by atoms with Crippen LogP contribution < -0.4 is 5.73 Å². The van der Waals surface area contributed by atoms with Crippen LogP contribution in [0, 0.1) is 0 Å². The molecule has 1 atom stereocenters. The Labute approximate surface area is 101 Å². The zero-order valence-corrected chi connectivity index (χ0v) is 10.2. The second kappa shape index (κ2) is 5.56. The molecule has 0 amide bonds. The third-order valence-electron chi connectivity index (χ3n) is 2.72. The fourth-order valence-corrected chi connectivity index (χ4v) is 1.28. The molecule has 4 heteroatoms.